The second kappa shape index (κ2) is 8.30. The first-order valence-electron chi connectivity index (χ1n) is 11.2. The molecule has 1 atom stereocenters. The lowest BCUT2D eigenvalue weighted by Gasteiger charge is -2.35. The molecule has 1 N–H and O–H groups in total. The van der Waals surface area contributed by atoms with E-state index in [0.29, 0.717) is 38.0 Å². The number of carbonyl (C=O) groups is 2. The zero-order valence-corrected chi connectivity index (χ0v) is 18.7. The Hall–Kier alpha value is -2.19. The van der Waals surface area contributed by atoms with E-state index in [1.165, 1.54) is 0 Å². The highest BCUT2D eigenvalue weighted by Gasteiger charge is 2.70. The van der Waals surface area contributed by atoms with Crippen molar-refractivity contribution in [2.24, 2.45) is 5.41 Å². The van der Waals surface area contributed by atoms with E-state index in [2.05, 4.69) is 32.4 Å². The van der Waals surface area contributed by atoms with Gasteiger partial charge in [-0.05, 0) is 73.0 Å². The third kappa shape index (κ3) is 3.88. The van der Waals surface area contributed by atoms with Crippen molar-refractivity contribution in [3.63, 3.8) is 0 Å². The molecule has 1 aromatic carbocycles. The molecule has 0 bridgehead atoms. The summed E-state index contributed by atoms with van der Waals surface area (Å²) < 4.78 is 29.8. The van der Waals surface area contributed by atoms with Crippen LogP contribution in [-0.4, -0.2) is 53.5 Å². The number of nitrogens with zero attached hydrogens (tertiary/aromatic N) is 2. The van der Waals surface area contributed by atoms with E-state index in [4.69, 9.17) is 0 Å². The lowest BCUT2D eigenvalue weighted by atomic mass is 9.91. The van der Waals surface area contributed by atoms with Gasteiger partial charge >= 0.3 is 0 Å². The summed E-state index contributed by atoms with van der Waals surface area (Å²) in [6, 6.07) is 8.09. The average Bonchev–Trinajstić information content (AvgIpc) is 3.19. The number of benzene rings is 1. The second-order valence-electron chi connectivity index (χ2n) is 9.23. The van der Waals surface area contributed by atoms with Crippen molar-refractivity contribution in [1.29, 1.82) is 0 Å². The van der Waals surface area contributed by atoms with Gasteiger partial charge in [0.2, 0.25) is 0 Å². The molecule has 3 fully saturated rings. The minimum Gasteiger partial charge on any atom is -0.371 e. The third-order valence-electron chi connectivity index (χ3n) is 7.32. The molecule has 1 aromatic heterocycles. The zero-order chi connectivity index (χ0) is 22.3. The lowest BCUT2D eigenvalue weighted by molar-refractivity contribution is -0.110. The van der Waals surface area contributed by atoms with Crippen LogP contribution < -0.4 is 4.90 Å². The van der Waals surface area contributed by atoms with E-state index in [1.54, 1.807) is 18.1 Å². The van der Waals surface area contributed by atoms with Gasteiger partial charge < -0.3 is 14.7 Å². The zero-order valence-electron chi connectivity index (χ0n) is 17.9. The molecule has 32 heavy (non-hydrogen) atoms. The SMILES string of the molecule is O=Cc1[nH]ccc1Cc1cc(SN2CCCC2C=O)ccc1N1CCC2(CC1)CC2(F)F. The number of hydrogen-bond donors (Lipinski definition) is 1. The van der Waals surface area contributed by atoms with Gasteiger partial charge in [0.05, 0.1) is 11.7 Å². The Labute approximate surface area is 190 Å². The van der Waals surface area contributed by atoms with Crippen molar-refractivity contribution in [2.45, 2.75) is 55.4 Å². The maximum atomic E-state index is 13.8. The summed E-state index contributed by atoms with van der Waals surface area (Å²) in [7, 11) is 0. The summed E-state index contributed by atoms with van der Waals surface area (Å²) >= 11 is 1.59. The van der Waals surface area contributed by atoms with Crippen molar-refractivity contribution in [3.8, 4) is 0 Å². The van der Waals surface area contributed by atoms with Crippen LogP contribution in [0.4, 0.5) is 14.5 Å². The van der Waals surface area contributed by atoms with E-state index >= 15 is 0 Å². The fraction of sp³-hybridized carbons (Fsp3) is 0.500. The molecule has 2 aromatic rings. The van der Waals surface area contributed by atoms with Gasteiger partial charge in [-0.1, -0.05) is 0 Å². The minimum absolute atomic E-state index is 0.0239. The van der Waals surface area contributed by atoms with Crippen molar-refractivity contribution in [1.82, 2.24) is 9.29 Å². The highest BCUT2D eigenvalue weighted by molar-refractivity contribution is 7.97. The highest BCUT2D eigenvalue weighted by atomic mass is 32.2. The molecule has 1 aliphatic carbocycles. The maximum absolute atomic E-state index is 13.8. The summed E-state index contributed by atoms with van der Waals surface area (Å²) in [5, 5.41) is 0. The largest absolute Gasteiger partial charge is 0.371 e. The van der Waals surface area contributed by atoms with E-state index < -0.39 is 11.3 Å². The van der Waals surface area contributed by atoms with Crippen LogP contribution in [0.1, 0.15) is 53.7 Å². The van der Waals surface area contributed by atoms with Gasteiger partial charge in [0, 0.05) is 54.7 Å². The Kier molecular flexibility index (Phi) is 5.61. The first-order chi connectivity index (χ1) is 15.4. The molecule has 0 amide bonds. The number of anilines is 1. The number of H-pyrrole nitrogens is 1. The van der Waals surface area contributed by atoms with E-state index in [1.807, 2.05) is 6.07 Å². The minimum atomic E-state index is -2.50. The summed E-state index contributed by atoms with van der Waals surface area (Å²) in [4.78, 5) is 29.0. The lowest BCUT2D eigenvalue weighted by Crippen LogP contribution is -2.37. The molecule has 1 saturated carbocycles. The fourth-order valence-electron chi connectivity index (χ4n) is 5.20. The van der Waals surface area contributed by atoms with Crippen molar-refractivity contribution in [2.75, 3.05) is 24.5 Å². The van der Waals surface area contributed by atoms with Gasteiger partial charge in [-0.3, -0.25) is 4.79 Å². The summed E-state index contributed by atoms with van der Waals surface area (Å²) in [6.45, 7) is 2.10. The van der Waals surface area contributed by atoms with Crippen LogP contribution in [0.3, 0.4) is 0 Å². The van der Waals surface area contributed by atoms with Gasteiger partial charge in [0.1, 0.15) is 6.29 Å². The van der Waals surface area contributed by atoms with Crippen LogP contribution in [0.2, 0.25) is 0 Å². The van der Waals surface area contributed by atoms with Crippen LogP contribution in [0, 0.1) is 5.41 Å². The second-order valence-corrected chi connectivity index (χ2v) is 10.4. The molecular weight excluding hydrogens is 432 g/mol. The Bertz CT molecular complexity index is 1020. The smallest absolute Gasteiger partial charge is 0.254 e. The standard InChI is InChI=1S/C24H27F2N3O2S/c25-24(26)16-23(24)6-10-28(11-7-23)22-4-3-20(32-29-9-1-2-19(29)14-30)13-18(22)12-17-5-8-27-21(17)15-31/h3-5,8,13-15,19,27H,1-2,6-7,9-12,16H2. The molecule has 8 heteroatoms. The molecule has 5 nitrogen and oxygen atoms in total. The molecule has 1 spiro atoms. The first kappa shape index (κ1) is 21.6. The Morgan fingerprint density at radius 1 is 1.12 bits per heavy atom. The molecule has 5 rings (SSSR count). The number of carbonyl (C=O) groups excluding carboxylic acids is 2. The molecular formula is C24H27F2N3O2S. The summed E-state index contributed by atoms with van der Waals surface area (Å²) in [5.41, 5.74) is 2.80. The number of aldehydes is 2. The molecule has 3 aliphatic rings. The topological polar surface area (TPSA) is 56.4 Å². The van der Waals surface area contributed by atoms with Gasteiger partial charge in [0.25, 0.3) is 5.92 Å². The molecule has 170 valence electrons. The number of nitrogens with one attached hydrogen (secondary N) is 1. The Morgan fingerprint density at radius 3 is 2.59 bits per heavy atom. The van der Waals surface area contributed by atoms with Crippen LogP contribution in [-0.2, 0) is 11.2 Å². The summed E-state index contributed by atoms with van der Waals surface area (Å²) in [5.74, 6) is -2.50. The van der Waals surface area contributed by atoms with Crippen LogP contribution in [0.25, 0.3) is 0 Å². The van der Waals surface area contributed by atoms with Crippen LogP contribution >= 0.6 is 11.9 Å². The van der Waals surface area contributed by atoms with E-state index in [-0.39, 0.29) is 12.5 Å². The van der Waals surface area contributed by atoms with Crippen molar-refractivity contribution < 1.29 is 18.4 Å². The van der Waals surface area contributed by atoms with Crippen LogP contribution in [0.15, 0.2) is 35.4 Å². The fourth-order valence-corrected chi connectivity index (χ4v) is 6.31. The molecule has 2 saturated heterocycles. The number of alkyl halides is 2. The molecule has 3 heterocycles. The van der Waals surface area contributed by atoms with Gasteiger partial charge in [-0.25, -0.2) is 13.1 Å². The number of aromatic nitrogens is 1. The van der Waals surface area contributed by atoms with Gasteiger partial charge in [-0.15, -0.1) is 0 Å². The van der Waals surface area contributed by atoms with Gasteiger partial charge in [-0.2, -0.15) is 0 Å². The Morgan fingerprint density at radius 2 is 1.91 bits per heavy atom. The Balaban J connectivity index is 1.40. The number of halogens is 2. The molecule has 2 aliphatic heterocycles. The number of piperidine rings is 1. The van der Waals surface area contributed by atoms with Crippen LogP contribution in [0.5, 0.6) is 0 Å². The predicted molar refractivity (Wildman–Crippen MR) is 121 cm³/mol. The quantitative estimate of drug-likeness (QED) is 0.480. The first-order valence-corrected chi connectivity index (χ1v) is 12.0. The molecule has 0 radical (unpaired) electrons. The van der Waals surface area contributed by atoms with E-state index in [9.17, 15) is 18.4 Å². The van der Waals surface area contributed by atoms with Crippen molar-refractivity contribution in [3.05, 3.63) is 47.3 Å². The van der Waals surface area contributed by atoms with E-state index in [0.717, 1.165) is 53.7 Å². The number of hydrogen-bond acceptors (Lipinski definition) is 5. The maximum Gasteiger partial charge on any atom is 0.254 e. The normalized spacial score (nSPS) is 24.1. The van der Waals surface area contributed by atoms with Crippen molar-refractivity contribution >= 4 is 30.2 Å². The predicted octanol–water partition coefficient (Wildman–Crippen LogP) is 4.71. The van der Waals surface area contributed by atoms with Gasteiger partial charge in [0.15, 0.2) is 6.29 Å². The third-order valence-corrected chi connectivity index (χ3v) is 8.47. The molecule has 1 unspecified atom stereocenters. The highest BCUT2D eigenvalue weighted by Crippen LogP contribution is 2.66. The average molecular weight is 460 g/mol. The summed E-state index contributed by atoms with van der Waals surface area (Å²) in [6.07, 6.45) is 7.11. The monoisotopic (exact) mass is 459 g/mol. The number of rotatable bonds is 7. The number of aromatic amines is 1.